The fraction of sp³-hybridized carbons (Fsp3) is 0.125. The molecule has 3 aromatic rings. The zero-order valence-corrected chi connectivity index (χ0v) is 18.2. The van der Waals surface area contributed by atoms with Gasteiger partial charge in [-0.1, -0.05) is 34.1 Å². The number of hydrazone groups is 1. The Morgan fingerprint density at radius 1 is 0.839 bits per heavy atom. The molecule has 2 amide bonds. The summed E-state index contributed by atoms with van der Waals surface area (Å²) in [5.41, 5.74) is 2.68. The highest BCUT2D eigenvalue weighted by atomic mass is 79.9. The van der Waals surface area contributed by atoms with Crippen molar-refractivity contribution in [2.75, 3.05) is 17.0 Å². The number of halogens is 1. The maximum atomic E-state index is 13.5. The van der Waals surface area contributed by atoms with Crippen LogP contribution in [0.1, 0.15) is 5.56 Å². The SMILES string of the molecule is COc1ccc(C2=NN(c3ccccc3)[C@H]3C(=O)N(c4ccc(Br)cc4)C(=O)[C@@H]23)cc1. The van der Waals surface area contributed by atoms with Gasteiger partial charge in [0.25, 0.3) is 5.91 Å². The van der Waals surface area contributed by atoms with Crippen molar-refractivity contribution in [3.8, 4) is 5.75 Å². The first-order valence-corrected chi connectivity index (χ1v) is 10.6. The van der Waals surface area contributed by atoms with Gasteiger partial charge in [0.15, 0.2) is 0 Å². The van der Waals surface area contributed by atoms with Crippen LogP contribution in [0.3, 0.4) is 0 Å². The fourth-order valence-corrected chi connectivity index (χ4v) is 4.32. The molecule has 0 unspecified atom stereocenters. The van der Waals surface area contributed by atoms with E-state index in [1.165, 1.54) is 4.90 Å². The Morgan fingerprint density at radius 2 is 1.52 bits per heavy atom. The van der Waals surface area contributed by atoms with E-state index in [4.69, 9.17) is 9.84 Å². The molecule has 31 heavy (non-hydrogen) atoms. The molecule has 2 heterocycles. The number of nitrogens with zero attached hydrogens (tertiary/aromatic N) is 3. The van der Waals surface area contributed by atoms with Crippen LogP contribution < -0.4 is 14.6 Å². The summed E-state index contributed by atoms with van der Waals surface area (Å²) in [6.45, 7) is 0. The van der Waals surface area contributed by atoms with E-state index in [9.17, 15) is 9.59 Å². The zero-order chi connectivity index (χ0) is 21.5. The molecule has 1 saturated heterocycles. The number of carbonyl (C=O) groups is 2. The van der Waals surface area contributed by atoms with Gasteiger partial charge in [-0.3, -0.25) is 14.6 Å². The molecule has 0 bridgehead atoms. The number of imide groups is 1. The molecule has 2 aliphatic heterocycles. The van der Waals surface area contributed by atoms with Crippen LogP contribution in [0.5, 0.6) is 5.75 Å². The van der Waals surface area contributed by atoms with Crippen LogP contribution >= 0.6 is 15.9 Å². The van der Waals surface area contributed by atoms with Gasteiger partial charge < -0.3 is 4.74 Å². The molecule has 5 rings (SSSR count). The maximum absolute atomic E-state index is 13.5. The lowest BCUT2D eigenvalue weighted by molar-refractivity contribution is -0.121. The Labute approximate surface area is 187 Å². The number of hydrogen-bond donors (Lipinski definition) is 0. The molecule has 0 aliphatic carbocycles. The molecule has 1 fully saturated rings. The number of methoxy groups -OCH3 is 1. The molecule has 3 aromatic carbocycles. The van der Waals surface area contributed by atoms with Gasteiger partial charge in [0.1, 0.15) is 17.7 Å². The Kier molecular flexibility index (Phi) is 4.82. The lowest BCUT2D eigenvalue weighted by Gasteiger charge is -2.22. The highest BCUT2D eigenvalue weighted by Crippen LogP contribution is 2.39. The molecule has 0 radical (unpaired) electrons. The number of rotatable bonds is 4. The van der Waals surface area contributed by atoms with E-state index in [1.54, 1.807) is 24.3 Å². The fourth-order valence-electron chi connectivity index (χ4n) is 4.05. The first-order valence-electron chi connectivity index (χ1n) is 9.79. The Morgan fingerprint density at radius 3 is 2.16 bits per heavy atom. The smallest absolute Gasteiger partial charge is 0.259 e. The molecular formula is C24H18BrN3O3. The van der Waals surface area contributed by atoms with Crippen LogP contribution in [-0.2, 0) is 9.59 Å². The van der Waals surface area contributed by atoms with Crippen molar-refractivity contribution in [2.45, 2.75) is 6.04 Å². The van der Waals surface area contributed by atoms with Crippen molar-refractivity contribution in [1.82, 2.24) is 0 Å². The number of ether oxygens (including phenoxy) is 1. The lowest BCUT2D eigenvalue weighted by Crippen LogP contribution is -2.39. The van der Waals surface area contributed by atoms with E-state index >= 15 is 0 Å². The normalized spacial score (nSPS) is 20.1. The second kappa shape index (κ2) is 7.67. The number of fused-ring (bicyclic) bond motifs is 1. The van der Waals surface area contributed by atoms with Gasteiger partial charge in [-0.05, 0) is 66.2 Å². The van der Waals surface area contributed by atoms with Crippen molar-refractivity contribution < 1.29 is 14.3 Å². The van der Waals surface area contributed by atoms with Crippen LogP contribution in [0.2, 0.25) is 0 Å². The van der Waals surface area contributed by atoms with E-state index < -0.39 is 12.0 Å². The van der Waals surface area contributed by atoms with E-state index in [2.05, 4.69) is 15.9 Å². The van der Waals surface area contributed by atoms with Crippen molar-refractivity contribution in [2.24, 2.45) is 11.0 Å². The summed E-state index contributed by atoms with van der Waals surface area (Å²) in [6.07, 6.45) is 0. The van der Waals surface area contributed by atoms with Crippen molar-refractivity contribution in [1.29, 1.82) is 0 Å². The van der Waals surface area contributed by atoms with Crippen LogP contribution in [0, 0.1) is 5.92 Å². The predicted molar refractivity (Wildman–Crippen MR) is 122 cm³/mol. The first kappa shape index (κ1) is 19.5. The zero-order valence-electron chi connectivity index (χ0n) is 16.6. The third kappa shape index (κ3) is 3.21. The minimum Gasteiger partial charge on any atom is -0.497 e. The van der Waals surface area contributed by atoms with Crippen LogP contribution in [0.4, 0.5) is 11.4 Å². The van der Waals surface area contributed by atoms with E-state index in [0.29, 0.717) is 17.1 Å². The minimum atomic E-state index is -0.726. The van der Waals surface area contributed by atoms with Gasteiger partial charge in [0.05, 0.1) is 24.2 Å². The summed E-state index contributed by atoms with van der Waals surface area (Å²) in [7, 11) is 1.60. The molecule has 7 heteroatoms. The van der Waals surface area contributed by atoms with Crippen LogP contribution in [0.25, 0.3) is 0 Å². The Hall–Kier alpha value is -3.45. The molecule has 2 atom stereocenters. The quantitative estimate of drug-likeness (QED) is 0.529. The lowest BCUT2D eigenvalue weighted by atomic mass is 9.93. The monoisotopic (exact) mass is 475 g/mol. The highest BCUT2D eigenvalue weighted by molar-refractivity contribution is 9.10. The van der Waals surface area contributed by atoms with E-state index in [0.717, 1.165) is 15.7 Å². The van der Waals surface area contributed by atoms with Crippen LogP contribution in [-0.4, -0.2) is 30.7 Å². The predicted octanol–water partition coefficient (Wildman–Crippen LogP) is 4.24. The van der Waals surface area contributed by atoms with E-state index in [-0.39, 0.29) is 11.8 Å². The summed E-state index contributed by atoms with van der Waals surface area (Å²) in [5, 5.41) is 6.41. The third-order valence-corrected chi connectivity index (χ3v) is 6.07. The molecular weight excluding hydrogens is 458 g/mol. The number of amides is 2. The van der Waals surface area contributed by atoms with Crippen molar-refractivity contribution >= 4 is 44.8 Å². The topological polar surface area (TPSA) is 62.2 Å². The number of benzene rings is 3. The number of anilines is 2. The van der Waals surface area contributed by atoms with E-state index in [1.807, 2.05) is 66.7 Å². The second-order valence-corrected chi connectivity index (χ2v) is 8.22. The largest absolute Gasteiger partial charge is 0.497 e. The second-order valence-electron chi connectivity index (χ2n) is 7.30. The standard InChI is InChI=1S/C24H18BrN3O3/c1-31-19-13-7-15(8-14-19)21-20-22(28(26-21)18-5-3-2-4-6-18)24(30)27(23(20)29)17-11-9-16(25)10-12-17/h2-14,20,22H,1H3/t20-,22+/m0/s1. The number of hydrogen-bond acceptors (Lipinski definition) is 5. The summed E-state index contributed by atoms with van der Waals surface area (Å²) >= 11 is 3.40. The third-order valence-electron chi connectivity index (χ3n) is 5.54. The van der Waals surface area contributed by atoms with Crippen molar-refractivity contribution in [3.05, 3.63) is 88.9 Å². The van der Waals surface area contributed by atoms with Crippen molar-refractivity contribution in [3.63, 3.8) is 0 Å². The molecule has 0 saturated carbocycles. The van der Waals surface area contributed by atoms with Gasteiger partial charge >= 0.3 is 0 Å². The average molecular weight is 476 g/mol. The molecule has 0 N–H and O–H groups in total. The maximum Gasteiger partial charge on any atom is 0.259 e. The number of para-hydroxylation sites is 1. The van der Waals surface area contributed by atoms with Crippen LogP contribution in [0.15, 0.2) is 88.4 Å². The average Bonchev–Trinajstić information content (AvgIpc) is 3.32. The summed E-state index contributed by atoms with van der Waals surface area (Å²) in [4.78, 5) is 28.3. The summed E-state index contributed by atoms with van der Waals surface area (Å²) in [5.74, 6) is -0.535. The molecule has 2 aliphatic rings. The Bertz CT molecular complexity index is 1180. The molecule has 154 valence electrons. The number of carbonyl (C=O) groups excluding carboxylic acids is 2. The van der Waals surface area contributed by atoms with Gasteiger partial charge in [0.2, 0.25) is 5.91 Å². The molecule has 0 aromatic heterocycles. The summed E-state index contributed by atoms with van der Waals surface area (Å²) in [6, 6.07) is 23.3. The minimum absolute atomic E-state index is 0.273. The summed E-state index contributed by atoms with van der Waals surface area (Å²) < 4.78 is 6.12. The molecule has 0 spiro atoms. The van der Waals surface area contributed by atoms with Gasteiger partial charge in [0, 0.05) is 4.47 Å². The first-order chi connectivity index (χ1) is 15.1. The molecule has 6 nitrogen and oxygen atoms in total. The Balaban J connectivity index is 1.61. The van der Waals surface area contributed by atoms with Gasteiger partial charge in [-0.25, -0.2) is 4.90 Å². The highest BCUT2D eigenvalue weighted by Gasteiger charge is 2.57. The van der Waals surface area contributed by atoms with Gasteiger partial charge in [-0.2, -0.15) is 5.10 Å². The van der Waals surface area contributed by atoms with Gasteiger partial charge in [-0.15, -0.1) is 0 Å².